The third kappa shape index (κ3) is 5.12. The lowest BCUT2D eigenvalue weighted by Gasteiger charge is -2.22. The van der Waals surface area contributed by atoms with Crippen molar-refractivity contribution in [3.8, 4) is 11.1 Å². The van der Waals surface area contributed by atoms with Crippen molar-refractivity contribution < 1.29 is 31.5 Å². The van der Waals surface area contributed by atoms with E-state index in [1.54, 1.807) is 6.92 Å². The molecule has 1 aliphatic heterocycles. The molecule has 3 heterocycles. The van der Waals surface area contributed by atoms with Gasteiger partial charge in [0.1, 0.15) is 24.6 Å². The first kappa shape index (κ1) is 24.2. The third-order valence-corrected chi connectivity index (χ3v) is 5.34. The minimum Gasteiger partial charge on any atom is -0.447 e. The van der Waals surface area contributed by atoms with Gasteiger partial charge in [0.05, 0.1) is 17.8 Å². The molecule has 3 aromatic rings. The second-order valence-electron chi connectivity index (χ2n) is 7.83. The Morgan fingerprint density at radius 3 is 2.31 bits per heavy atom. The highest BCUT2D eigenvalue weighted by Gasteiger charge is 2.40. The van der Waals surface area contributed by atoms with Crippen LogP contribution in [0.15, 0.2) is 42.9 Å². The summed E-state index contributed by atoms with van der Waals surface area (Å²) in [4.78, 5) is 29.2. The molecule has 1 aromatic carbocycles. The maximum absolute atomic E-state index is 14.4. The Kier molecular flexibility index (Phi) is 6.50. The largest absolute Gasteiger partial charge is 0.447 e. The van der Waals surface area contributed by atoms with Crippen LogP contribution in [0.5, 0.6) is 0 Å². The normalized spacial score (nSPS) is 17.7. The minimum atomic E-state index is -4.43. The van der Waals surface area contributed by atoms with E-state index in [0.717, 1.165) is 23.2 Å². The highest BCUT2D eigenvalue weighted by molar-refractivity contribution is 5.89. The summed E-state index contributed by atoms with van der Waals surface area (Å²) in [6.07, 6.45) is -3.08. The molecule has 184 valence electrons. The Morgan fingerprint density at radius 1 is 1.06 bits per heavy atom. The van der Waals surface area contributed by atoms with Crippen LogP contribution in [-0.4, -0.2) is 44.8 Å². The molecule has 0 aliphatic carbocycles. The summed E-state index contributed by atoms with van der Waals surface area (Å²) in [5, 5.41) is 2.88. The number of carbonyl (C=O) groups is 1. The molecule has 8 nitrogen and oxygen atoms in total. The van der Waals surface area contributed by atoms with Gasteiger partial charge in [-0.2, -0.15) is 18.2 Å². The first-order chi connectivity index (χ1) is 16.5. The number of carbonyl (C=O) groups excluding carboxylic acids is 1. The zero-order valence-electron chi connectivity index (χ0n) is 18.4. The van der Waals surface area contributed by atoms with Gasteiger partial charge in [0.2, 0.25) is 5.95 Å². The topological polar surface area (TPSA) is 93.1 Å². The van der Waals surface area contributed by atoms with Crippen LogP contribution in [0.25, 0.3) is 11.1 Å². The van der Waals surface area contributed by atoms with E-state index < -0.39 is 47.7 Å². The average Bonchev–Trinajstić information content (AvgIpc) is 3.21. The van der Waals surface area contributed by atoms with Gasteiger partial charge in [-0.25, -0.2) is 33.4 Å². The van der Waals surface area contributed by atoms with Gasteiger partial charge in [0.25, 0.3) is 0 Å². The van der Waals surface area contributed by atoms with E-state index in [0.29, 0.717) is 17.0 Å². The second-order valence-corrected chi connectivity index (χ2v) is 7.83. The average molecular weight is 494 g/mol. The van der Waals surface area contributed by atoms with Gasteiger partial charge < -0.3 is 10.1 Å². The van der Waals surface area contributed by atoms with Crippen molar-refractivity contribution in [2.75, 3.05) is 16.8 Å². The smallest absolute Gasteiger partial charge is 0.416 e. The molecule has 0 bridgehead atoms. The lowest BCUT2D eigenvalue weighted by atomic mass is 10.1. The highest BCUT2D eigenvalue weighted by atomic mass is 19.4. The first-order valence-electron chi connectivity index (χ1n) is 10.4. The summed E-state index contributed by atoms with van der Waals surface area (Å²) in [5.41, 5.74) is 0.254. The Morgan fingerprint density at radius 2 is 1.71 bits per heavy atom. The van der Waals surface area contributed by atoms with Crippen LogP contribution in [0.4, 0.5) is 38.5 Å². The van der Waals surface area contributed by atoms with Crippen molar-refractivity contribution in [1.29, 1.82) is 0 Å². The monoisotopic (exact) mass is 494 g/mol. The lowest BCUT2D eigenvalue weighted by molar-refractivity contribution is -0.137. The van der Waals surface area contributed by atoms with Gasteiger partial charge in [-0.15, -0.1) is 0 Å². The highest BCUT2D eigenvalue weighted by Crippen LogP contribution is 2.31. The molecule has 1 fully saturated rings. The first-order valence-corrected chi connectivity index (χ1v) is 10.4. The van der Waals surface area contributed by atoms with Crippen LogP contribution >= 0.6 is 0 Å². The summed E-state index contributed by atoms with van der Waals surface area (Å²) >= 11 is 0. The van der Waals surface area contributed by atoms with Crippen LogP contribution in [0, 0.1) is 5.82 Å². The van der Waals surface area contributed by atoms with E-state index in [1.807, 2.05) is 0 Å². The molecule has 1 saturated heterocycles. The number of alkyl halides is 4. The fourth-order valence-electron chi connectivity index (χ4n) is 3.43. The second kappa shape index (κ2) is 9.39. The fraction of sp³-hybridized carbons (Fsp3) is 0.318. The van der Waals surface area contributed by atoms with E-state index in [2.05, 4.69) is 25.3 Å². The van der Waals surface area contributed by atoms with Crippen molar-refractivity contribution in [2.45, 2.75) is 38.3 Å². The predicted molar refractivity (Wildman–Crippen MR) is 115 cm³/mol. The van der Waals surface area contributed by atoms with E-state index in [4.69, 9.17) is 4.74 Å². The summed E-state index contributed by atoms with van der Waals surface area (Å²) < 4.78 is 71.3. The molecule has 1 amide bonds. The molecule has 0 saturated carbocycles. The maximum Gasteiger partial charge on any atom is 0.416 e. The van der Waals surface area contributed by atoms with Gasteiger partial charge >= 0.3 is 12.3 Å². The van der Waals surface area contributed by atoms with Gasteiger partial charge in [0.15, 0.2) is 11.6 Å². The summed E-state index contributed by atoms with van der Waals surface area (Å²) in [5.74, 6) is -1.12. The zero-order valence-corrected chi connectivity index (χ0v) is 18.4. The number of halogens is 5. The Balaban J connectivity index is 1.50. The number of rotatable bonds is 6. The fourth-order valence-corrected chi connectivity index (χ4v) is 3.43. The molecule has 0 unspecified atom stereocenters. The van der Waals surface area contributed by atoms with Gasteiger partial charge in [-0.05, 0) is 31.5 Å². The molecule has 3 atom stereocenters. The van der Waals surface area contributed by atoms with E-state index in [9.17, 15) is 26.7 Å². The summed E-state index contributed by atoms with van der Waals surface area (Å²) in [7, 11) is 0. The molecular weight excluding hydrogens is 475 g/mol. The Hall–Kier alpha value is -3.90. The third-order valence-electron chi connectivity index (χ3n) is 5.34. The number of nitrogens with zero attached hydrogens (tertiary/aromatic N) is 5. The van der Waals surface area contributed by atoms with E-state index in [-0.39, 0.29) is 12.6 Å². The maximum atomic E-state index is 14.4. The number of ether oxygens (including phenoxy) is 1. The van der Waals surface area contributed by atoms with Crippen molar-refractivity contribution in [2.24, 2.45) is 0 Å². The lowest BCUT2D eigenvalue weighted by Crippen LogP contribution is -2.40. The number of cyclic esters (lactones) is 1. The quantitative estimate of drug-likeness (QED) is 0.485. The summed E-state index contributed by atoms with van der Waals surface area (Å²) in [6, 6.07) is 2.99. The standard InChI is InChI=1S/C22H19F5N6O2/c1-11(23)17-10-35-21(34)33(17)19-16(24)9-30-20(32-19)31-12(2)18-28-7-14(8-29-18)13-3-5-15(6-4-13)22(25,26)27/h3-9,11-12,17H,10H2,1-2H3,(H,30,31,32)/t11-,12-,17+/m0/s1. The molecule has 4 rings (SSSR count). The molecule has 2 aromatic heterocycles. The number of aromatic nitrogens is 4. The van der Waals surface area contributed by atoms with Crippen LogP contribution < -0.4 is 10.2 Å². The van der Waals surface area contributed by atoms with Crippen molar-refractivity contribution in [1.82, 2.24) is 19.9 Å². The van der Waals surface area contributed by atoms with Crippen molar-refractivity contribution in [3.05, 3.63) is 60.1 Å². The van der Waals surface area contributed by atoms with Crippen LogP contribution in [0.3, 0.4) is 0 Å². The van der Waals surface area contributed by atoms with Crippen molar-refractivity contribution >= 4 is 17.9 Å². The van der Waals surface area contributed by atoms with Gasteiger partial charge in [0, 0.05) is 18.0 Å². The SMILES string of the molecule is C[C@H](Nc1ncc(F)c(N2C(=O)OC[C@@H]2[C@H](C)F)n1)c1ncc(-c2ccc(C(F)(F)F)cc2)cn1. The minimum absolute atomic E-state index is 0.0609. The molecule has 35 heavy (non-hydrogen) atoms. The number of amides is 1. The molecule has 13 heteroatoms. The number of hydrogen-bond donors (Lipinski definition) is 1. The number of anilines is 2. The summed E-state index contributed by atoms with van der Waals surface area (Å²) in [6.45, 7) is 2.67. The Labute approximate surface area is 196 Å². The van der Waals surface area contributed by atoms with Crippen LogP contribution in [-0.2, 0) is 10.9 Å². The molecule has 0 spiro atoms. The van der Waals surface area contributed by atoms with Crippen LogP contribution in [0.2, 0.25) is 0 Å². The van der Waals surface area contributed by atoms with Gasteiger partial charge in [-0.3, -0.25) is 0 Å². The zero-order chi connectivity index (χ0) is 25.3. The van der Waals surface area contributed by atoms with Crippen LogP contribution in [0.1, 0.15) is 31.3 Å². The Bertz CT molecular complexity index is 1200. The molecule has 0 radical (unpaired) electrons. The number of benzene rings is 1. The van der Waals surface area contributed by atoms with Crippen molar-refractivity contribution in [3.63, 3.8) is 0 Å². The van der Waals surface area contributed by atoms with Gasteiger partial charge in [-0.1, -0.05) is 12.1 Å². The predicted octanol–water partition coefficient (Wildman–Crippen LogP) is 4.95. The number of hydrogen-bond acceptors (Lipinski definition) is 7. The molecule has 1 aliphatic rings. The molecular formula is C22H19F5N6O2. The van der Waals surface area contributed by atoms with E-state index >= 15 is 0 Å². The molecule has 1 N–H and O–H groups in total. The number of nitrogens with one attached hydrogen (secondary N) is 1. The van der Waals surface area contributed by atoms with E-state index in [1.165, 1.54) is 31.5 Å².